The highest BCUT2D eigenvalue weighted by atomic mass is 35.5. The van der Waals surface area contributed by atoms with Gasteiger partial charge in [0.05, 0.1) is 0 Å². The topological polar surface area (TPSA) is 42.1 Å². The smallest absolute Gasteiger partial charge is 0.129 e. The second kappa shape index (κ2) is 4.92. The Kier molecular flexibility index (Phi) is 3.57. The van der Waals surface area contributed by atoms with Crippen LogP contribution in [0.15, 0.2) is 18.3 Å². The van der Waals surface area contributed by atoms with E-state index in [-0.39, 0.29) is 0 Å². The molecule has 0 aliphatic carbocycles. The number of hydrogen-bond acceptors (Lipinski definition) is 3. The van der Waals surface area contributed by atoms with Crippen LogP contribution in [0.3, 0.4) is 0 Å². The maximum Gasteiger partial charge on any atom is 0.129 e. The average molecular weight is 226 g/mol. The number of nitrogens with zero attached hydrogens (tertiary/aromatic N) is 2. The highest BCUT2D eigenvalue weighted by molar-refractivity contribution is 6.29. The summed E-state index contributed by atoms with van der Waals surface area (Å²) in [7, 11) is 0. The maximum absolute atomic E-state index is 5.92. The molecule has 1 aromatic rings. The van der Waals surface area contributed by atoms with Crippen LogP contribution in [0.4, 0.5) is 0 Å². The average Bonchev–Trinajstić information content (AvgIpc) is 2.22. The molecule has 4 heteroatoms. The lowest BCUT2D eigenvalue weighted by molar-refractivity contribution is 0.201. The standard InChI is InChI=1S/C11H16ClN3/c12-11-4-3-9(6-14-11)7-15-5-1-2-10(13)8-15/h3-4,6,10H,1-2,5,7-8,13H2/t10-/m1/s1. The van der Waals surface area contributed by atoms with Crippen LogP contribution in [0.5, 0.6) is 0 Å². The van der Waals surface area contributed by atoms with E-state index < -0.39 is 0 Å². The van der Waals surface area contributed by atoms with E-state index in [2.05, 4.69) is 9.88 Å². The van der Waals surface area contributed by atoms with Gasteiger partial charge in [-0.2, -0.15) is 0 Å². The summed E-state index contributed by atoms with van der Waals surface area (Å²) in [6.45, 7) is 3.05. The first-order chi connectivity index (χ1) is 7.24. The Morgan fingerprint density at radius 3 is 3.07 bits per heavy atom. The third kappa shape index (κ3) is 3.16. The monoisotopic (exact) mass is 225 g/mol. The van der Waals surface area contributed by atoms with Gasteiger partial charge in [-0.1, -0.05) is 17.7 Å². The highest BCUT2D eigenvalue weighted by Gasteiger charge is 2.16. The molecule has 2 rings (SSSR count). The van der Waals surface area contributed by atoms with Crippen LogP contribution in [0.1, 0.15) is 18.4 Å². The molecular formula is C11H16ClN3. The summed E-state index contributed by atoms with van der Waals surface area (Å²) in [6.07, 6.45) is 4.18. The van der Waals surface area contributed by atoms with Gasteiger partial charge in [0, 0.05) is 25.3 Å². The van der Waals surface area contributed by atoms with E-state index in [1.165, 1.54) is 12.0 Å². The first-order valence-corrected chi connectivity index (χ1v) is 5.70. The zero-order valence-electron chi connectivity index (χ0n) is 8.69. The Labute approximate surface area is 95.2 Å². The van der Waals surface area contributed by atoms with Gasteiger partial charge < -0.3 is 5.73 Å². The minimum absolute atomic E-state index is 0.332. The van der Waals surface area contributed by atoms with Crippen molar-refractivity contribution in [3.8, 4) is 0 Å². The molecule has 1 aliphatic heterocycles. The number of likely N-dealkylation sites (tertiary alicyclic amines) is 1. The summed E-state index contributed by atoms with van der Waals surface area (Å²) in [6, 6.07) is 4.19. The molecule has 2 N–H and O–H groups in total. The molecule has 1 atom stereocenters. The Bertz CT molecular complexity index is 312. The van der Waals surface area contributed by atoms with Crippen molar-refractivity contribution in [2.75, 3.05) is 13.1 Å². The summed E-state index contributed by atoms with van der Waals surface area (Å²) in [5.74, 6) is 0. The zero-order chi connectivity index (χ0) is 10.7. The Balaban J connectivity index is 1.93. The van der Waals surface area contributed by atoms with Crippen LogP contribution in [0.25, 0.3) is 0 Å². The van der Waals surface area contributed by atoms with E-state index in [0.717, 1.165) is 26.1 Å². The number of piperidine rings is 1. The molecule has 3 nitrogen and oxygen atoms in total. The molecule has 2 heterocycles. The number of nitrogens with two attached hydrogens (primary N) is 1. The van der Waals surface area contributed by atoms with Gasteiger partial charge in [-0.3, -0.25) is 4.90 Å². The first kappa shape index (κ1) is 10.9. The van der Waals surface area contributed by atoms with Gasteiger partial charge in [0.2, 0.25) is 0 Å². The van der Waals surface area contributed by atoms with Crippen molar-refractivity contribution in [3.05, 3.63) is 29.0 Å². The normalized spacial score (nSPS) is 22.9. The van der Waals surface area contributed by atoms with E-state index in [4.69, 9.17) is 17.3 Å². The number of pyridine rings is 1. The first-order valence-electron chi connectivity index (χ1n) is 5.32. The molecule has 1 aliphatic rings. The fourth-order valence-corrected chi connectivity index (χ4v) is 2.10. The van der Waals surface area contributed by atoms with Gasteiger partial charge in [0.15, 0.2) is 0 Å². The summed E-state index contributed by atoms with van der Waals surface area (Å²) >= 11 is 5.73. The summed E-state index contributed by atoms with van der Waals surface area (Å²) in [4.78, 5) is 6.45. The summed E-state index contributed by atoms with van der Waals surface area (Å²) < 4.78 is 0. The molecule has 1 fully saturated rings. The Morgan fingerprint density at radius 2 is 2.40 bits per heavy atom. The van der Waals surface area contributed by atoms with Gasteiger partial charge in [0.25, 0.3) is 0 Å². The molecule has 0 radical (unpaired) electrons. The van der Waals surface area contributed by atoms with Gasteiger partial charge in [-0.15, -0.1) is 0 Å². The quantitative estimate of drug-likeness (QED) is 0.779. The lowest BCUT2D eigenvalue weighted by Gasteiger charge is -2.30. The number of hydrogen-bond donors (Lipinski definition) is 1. The van der Waals surface area contributed by atoms with E-state index in [0.29, 0.717) is 11.2 Å². The van der Waals surface area contributed by atoms with E-state index in [9.17, 15) is 0 Å². The molecule has 0 spiro atoms. The van der Waals surface area contributed by atoms with Crippen molar-refractivity contribution in [2.24, 2.45) is 5.73 Å². The molecule has 0 unspecified atom stereocenters. The van der Waals surface area contributed by atoms with Gasteiger partial charge in [-0.05, 0) is 31.0 Å². The molecule has 0 saturated carbocycles. The van der Waals surface area contributed by atoms with Gasteiger partial charge in [0.1, 0.15) is 5.15 Å². The van der Waals surface area contributed by atoms with Crippen molar-refractivity contribution in [1.29, 1.82) is 0 Å². The van der Waals surface area contributed by atoms with Crippen molar-refractivity contribution >= 4 is 11.6 Å². The van der Waals surface area contributed by atoms with Crippen LogP contribution in [0.2, 0.25) is 5.15 Å². The van der Waals surface area contributed by atoms with Crippen LogP contribution < -0.4 is 5.73 Å². The van der Waals surface area contributed by atoms with Crippen LogP contribution in [0, 0.1) is 0 Å². The largest absolute Gasteiger partial charge is 0.327 e. The SMILES string of the molecule is N[C@@H]1CCCN(Cc2ccc(Cl)nc2)C1. The summed E-state index contributed by atoms with van der Waals surface area (Å²) in [5, 5.41) is 0.550. The van der Waals surface area contributed by atoms with Crippen molar-refractivity contribution in [1.82, 2.24) is 9.88 Å². The number of rotatable bonds is 2. The minimum Gasteiger partial charge on any atom is -0.327 e. The second-order valence-electron chi connectivity index (χ2n) is 4.13. The Morgan fingerprint density at radius 1 is 1.53 bits per heavy atom. The van der Waals surface area contributed by atoms with Crippen LogP contribution in [-0.2, 0) is 6.54 Å². The number of aromatic nitrogens is 1. The number of halogens is 1. The zero-order valence-corrected chi connectivity index (χ0v) is 9.45. The molecular weight excluding hydrogens is 210 g/mol. The van der Waals surface area contributed by atoms with Crippen LogP contribution in [-0.4, -0.2) is 29.0 Å². The molecule has 0 bridgehead atoms. The molecule has 82 valence electrons. The van der Waals surface area contributed by atoms with E-state index in [1.54, 1.807) is 0 Å². The van der Waals surface area contributed by atoms with Crippen molar-refractivity contribution in [3.63, 3.8) is 0 Å². The maximum atomic E-state index is 5.92. The molecule has 0 amide bonds. The van der Waals surface area contributed by atoms with Crippen molar-refractivity contribution < 1.29 is 0 Å². The fraction of sp³-hybridized carbons (Fsp3) is 0.545. The predicted octanol–water partition coefficient (Wildman–Crippen LogP) is 1.66. The second-order valence-corrected chi connectivity index (χ2v) is 4.51. The molecule has 1 saturated heterocycles. The molecule has 15 heavy (non-hydrogen) atoms. The molecule has 0 aromatic carbocycles. The van der Waals surface area contributed by atoms with Crippen molar-refractivity contribution in [2.45, 2.75) is 25.4 Å². The van der Waals surface area contributed by atoms with Gasteiger partial charge in [-0.25, -0.2) is 4.98 Å². The fourth-order valence-electron chi connectivity index (χ4n) is 1.99. The lowest BCUT2D eigenvalue weighted by atomic mass is 10.1. The molecule has 1 aromatic heterocycles. The van der Waals surface area contributed by atoms with E-state index in [1.807, 2.05) is 18.3 Å². The lowest BCUT2D eigenvalue weighted by Crippen LogP contribution is -2.42. The van der Waals surface area contributed by atoms with E-state index >= 15 is 0 Å². The third-order valence-electron chi connectivity index (χ3n) is 2.74. The van der Waals surface area contributed by atoms with Crippen LogP contribution >= 0.6 is 11.6 Å². The Hall–Kier alpha value is -0.640. The van der Waals surface area contributed by atoms with Gasteiger partial charge >= 0.3 is 0 Å². The minimum atomic E-state index is 0.332. The highest BCUT2D eigenvalue weighted by Crippen LogP contribution is 2.13. The summed E-state index contributed by atoms with van der Waals surface area (Å²) in [5.41, 5.74) is 7.13. The third-order valence-corrected chi connectivity index (χ3v) is 2.96. The predicted molar refractivity (Wildman–Crippen MR) is 61.7 cm³/mol.